The Morgan fingerprint density at radius 2 is 2.00 bits per heavy atom. The number of amides is 1. The van der Waals surface area contributed by atoms with Gasteiger partial charge in [-0.25, -0.2) is 0 Å². The van der Waals surface area contributed by atoms with Crippen LogP contribution >= 0.6 is 0 Å². The van der Waals surface area contributed by atoms with Gasteiger partial charge in [-0.15, -0.1) is 0 Å². The highest BCUT2D eigenvalue weighted by molar-refractivity contribution is 5.95. The first kappa shape index (κ1) is 16.8. The molecular weight excluding hydrogens is 274 g/mol. The average molecular weight is 303 g/mol. The van der Waals surface area contributed by atoms with Gasteiger partial charge in [0.05, 0.1) is 0 Å². The van der Waals surface area contributed by atoms with E-state index < -0.39 is 0 Å². The Hall–Kier alpha value is -1.55. The van der Waals surface area contributed by atoms with Crippen LogP contribution in [0.5, 0.6) is 0 Å². The highest BCUT2D eigenvalue weighted by Crippen LogP contribution is 2.25. The van der Waals surface area contributed by atoms with Gasteiger partial charge in [-0.3, -0.25) is 4.79 Å². The third-order valence-corrected chi connectivity index (χ3v) is 4.45. The number of carbonyl (C=O) groups is 1. The fraction of sp³-hybridized carbons (Fsp3) is 0.611. The summed E-state index contributed by atoms with van der Waals surface area (Å²) in [5.41, 5.74) is 7.67. The normalized spacial score (nSPS) is 21.5. The molecule has 1 aliphatic rings. The molecular formula is C18H29N3O. The lowest BCUT2D eigenvalue weighted by Gasteiger charge is -2.23. The van der Waals surface area contributed by atoms with Crippen LogP contribution in [0.1, 0.15) is 37.6 Å². The fourth-order valence-electron chi connectivity index (χ4n) is 3.27. The third-order valence-electron chi connectivity index (χ3n) is 4.45. The maximum atomic E-state index is 12.6. The number of anilines is 1. The van der Waals surface area contributed by atoms with E-state index in [2.05, 4.69) is 32.7 Å². The minimum absolute atomic E-state index is 0.126. The van der Waals surface area contributed by atoms with E-state index in [1.807, 2.05) is 29.2 Å². The zero-order valence-electron chi connectivity index (χ0n) is 14.2. The smallest absolute Gasteiger partial charge is 0.254 e. The number of nitrogens with two attached hydrogens (primary N) is 1. The van der Waals surface area contributed by atoms with Crippen LogP contribution in [-0.2, 0) is 0 Å². The summed E-state index contributed by atoms with van der Waals surface area (Å²) in [5.74, 6) is 1.18. The Morgan fingerprint density at radius 3 is 2.50 bits per heavy atom. The Labute approximate surface area is 134 Å². The molecule has 0 saturated carbocycles. The highest BCUT2D eigenvalue weighted by atomic mass is 16.2. The van der Waals surface area contributed by atoms with E-state index in [4.69, 9.17) is 5.73 Å². The summed E-state index contributed by atoms with van der Waals surface area (Å²) in [4.78, 5) is 16.8. The molecule has 4 nitrogen and oxygen atoms in total. The molecule has 1 amide bonds. The number of nitrogens with zero attached hydrogens (tertiary/aromatic N) is 2. The Kier molecular flexibility index (Phi) is 5.46. The molecule has 22 heavy (non-hydrogen) atoms. The van der Waals surface area contributed by atoms with Crippen LogP contribution in [-0.4, -0.2) is 43.5 Å². The third kappa shape index (κ3) is 3.80. The lowest BCUT2D eigenvalue weighted by molar-refractivity contribution is 0.0743. The predicted molar refractivity (Wildman–Crippen MR) is 92.2 cm³/mol. The van der Waals surface area contributed by atoms with Crippen molar-refractivity contribution in [2.24, 2.45) is 17.6 Å². The first-order valence-corrected chi connectivity index (χ1v) is 8.24. The van der Waals surface area contributed by atoms with E-state index in [9.17, 15) is 4.79 Å². The minimum Gasteiger partial charge on any atom is -0.374 e. The minimum atomic E-state index is 0.126. The first-order chi connectivity index (χ1) is 10.4. The molecule has 2 rings (SSSR count). The molecule has 0 radical (unpaired) electrons. The molecule has 122 valence electrons. The second-order valence-corrected chi connectivity index (χ2v) is 6.97. The van der Waals surface area contributed by atoms with E-state index in [1.165, 1.54) is 0 Å². The second-order valence-electron chi connectivity index (χ2n) is 6.97. The van der Waals surface area contributed by atoms with Gasteiger partial charge in [0.25, 0.3) is 5.91 Å². The summed E-state index contributed by atoms with van der Waals surface area (Å²) in [6.45, 7) is 8.97. The summed E-state index contributed by atoms with van der Waals surface area (Å²) in [6.07, 6.45) is 1.01. The number of likely N-dealkylation sites (tertiary alicyclic amines) is 1. The topological polar surface area (TPSA) is 49.6 Å². The van der Waals surface area contributed by atoms with Crippen LogP contribution in [0.25, 0.3) is 0 Å². The van der Waals surface area contributed by atoms with Crippen molar-refractivity contribution in [1.82, 2.24) is 4.90 Å². The molecule has 0 aliphatic carbocycles. The molecule has 2 N–H and O–H groups in total. The molecule has 1 saturated heterocycles. The molecule has 1 aromatic rings. The maximum Gasteiger partial charge on any atom is 0.254 e. The molecule has 1 aliphatic heterocycles. The van der Waals surface area contributed by atoms with Gasteiger partial charge in [0, 0.05) is 37.4 Å². The first-order valence-electron chi connectivity index (χ1n) is 8.24. The molecule has 1 aromatic carbocycles. The van der Waals surface area contributed by atoms with Crippen LogP contribution in [0.2, 0.25) is 0 Å². The van der Waals surface area contributed by atoms with Crippen molar-refractivity contribution in [1.29, 1.82) is 0 Å². The SMILES string of the molecule is CC(C)CN(C)c1ccc(C(=O)N2CC(CN)CC2C)cc1. The monoisotopic (exact) mass is 303 g/mol. The molecule has 4 heteroatoms. The number of hydrogen-bond acceptors (Lipinski definition) is 3. The van der Waals surface area contributed by atoms with E-state index in [1.54, 1.807) is 0 Å². The zero-order valence-corrected chi connectivity index (χ0v) is 14.2. The summed E-state index contributed by atoms with van der Waals surface area (Å²) >= 11 is 0. The number of hydrogen-bond donors (Lipinski definition) is 1. The van der Waals surface area contributed by atoms with Crippen LogP contribution in [0.15, 0.2) is 24.3 Å². The second kappa shape index (κ2) is 7.14. The van der Waals surface area contributed by atoms with Crippen molar-refractivity contribution in [3.05, 3.63) is 29.8 Å². The molecule has 2 atom stereocenters. The van der Waals surface area contributed by atoms with Crippen molar-refractivity contribution in [3.63, 3.8) is 0 Å². The summed E-state index contributed by atoms with van der Waals surface area (Å²) in [5, 5.41) is 0. The van der Waals surface area contributed by atoms with Crippen LogP contribution in [0, 0.1) is 11.8 Å². The number of benzene rings is 1. The summed E-state index contributed by atoms with van der Waals surface area (Å²) in [7, 11) is 2.09. The van der Waals surface area contributed by atoms with Gasteiger partial charge in [-0.05, 0) is 56.0 Å². The molecule has 0 bridgehead atoms. The Balaban J connectivity index is 2.05. The molecule has 1 fully saturated rings. The quantitative estimate of drug-likeness (QED) is 0.909. The number of rotatable bonds is 5. The van der Waals surface area contributed by atoms with Crippen LogP contribution in [0.4, 0.5) is 5.69 Å². The summed E-state index contributed by atoms with van der Waals surface area (Å²) in [6, 6.07) is 8.24. The highest BCUT2D eigenvalue weighted by Gasteiger charge is 2.31. The van der Waals surface area contributed by atoms with Crippen molar-refractivity contribution in [3.8, 4) is 0 Å². The largest absolute Gasteiger partial charge is 0.374 e. The van der Waals surface area contributed by atoms with Gasteiger partial charge in [-0.1, -0.05) is 13.8 Å². The molecule has 2 unspecified atom stereocenters. The van der Waals surface area contributed by atoms with Gasteiger partial charge in [-0.2, -0.15) is 0 Å². The van der Waals surface area contributed by atoms with Crippen molar-refractivity contribution in [2.45, 2.75) is 33.2 Å². The van der Waals surface area contributed by atoms with Gasteiger partial charge in [0.15, 0.2) is 0 Å². The van der Waals surface area contributed by atoms with Gasteiger partial charge < -0.3 is 15.5 Å². The molecule has 0 aromatic heterocycles. The molecule has 0 spiro atoms. The lowest BCUT2D eigenvalue weighted by Crippen LogP contribution is -2.34. The zero-order chi connectivity index (χ0) is 16.3. The van der Waals surface area contributed by atoms with Crippen molar-refractivity contribution < 1.29 is 4.79 Å². The lowest BCUT2D eigenvalue weighted by atomic mass is 10.1. The number of carbonyl (C=O) groups excluding carboxylic acids is 1. The van der Waals surface area contributed by atoms with Crippen molar-refractivity contribution in [2.75, 3.05) is 31.6 Å². The Bertz CT molecular complexity index is 498. The van der Waals surface area contributed by atoms with Gasteiger partial charge in [0.2, 0.25) is 0 Å². The average Bonchev–Trinajstić information content (AvgIpc) is 2.87. The van der Waals surface area contributed by atoms with Gasteiger partial charge in [0.1, 0.15) is 0 Å². The predicted octanol–water partition coefficient (Wildman–Crippen LogP) is 2.59. The molecule has 1 heterocycles. The van der Waals surface area contributed by atoms with Gasteiger partial charge >= 0.3 is 0 Å². The Morgan fingerprint density at radius 1 is 1.36 bits per heavy atom. The fourth-order valence-corrected chi connectivity index (χ4v) is 3.27. The van der Waals surface area contributed by atoms with E-state index in [0.29, 0.717) is 18.4 Å². The van der Waals surface area contributed by atoms with E-state index in [-0.39, 0.29) is 11.9 Å². The summed E-state index contributed by atoms with van der Waals surface area (Å²) < 4.78 is 0. The van der Waals surface area contributed by atoms with E-state index >= 15 is 0 Å². The van der Waals surface area contributed by atoms with Crippen molar-refractivity contribution >= 4 is 11.6 Å². The van der Waals surface area contributed by atoms with E-state index in [0.717, 1.165) is 30.8 Å². The van der Waals surface area contributed by atoms with Crippen LogP contribution < -0.4 is 10.6 Å². The van der Waals surface area contributed by atoms with Crippen LogP contribution in [0.3, 0.4) is 0 Å². The standard InChI is InChI=1S/C18H29N3O/c1-13(2)11-20(4)17-7-5-16(6-8-17)18(22)21-12-15(10-19)9-14(21)3/h5-8,13-15H,9-12,19H2,1-4H3. The maximum absolute atomic E-state index is 12.6.